The van der Waals surface area contributed by atoms with Crippen LogP contribution in [0.15, 0.2) is 18.3 Å². The van der Waals surface area contributed by atoms with Crippen LogP contribution in [0.2, 0.25) is 0 Å². The van der Waals surface area contributed by atoms with Crippen LogP contribution in [0.4, 0.5) is 5.82 Å². The van der Waals surface area contributed by atoms with Gasteiger partial charge in [0, 0.05) is 25.3 Å². The molecule has 0 amide bonds. The molecule has 3 heteroatoms. The smallest absolute Gasteiger partial charge is 0.129 e. The molecule has 3 nitrogen and oxygen atoms in total. The quantitative estimate of drug-likeness (QED) is 0.860. The zero-order valence-electron chi connectivity index (χ0n) is 13.2. The number of hydrogen-bond donors (Lipinski definition) is 1. The topological polar surface area (TPSA) is 28.2 Å². The lowest BCUT2D eigenvalue weighted by Gasteiger charge is -2.36. The standard InChI is InChI=1S/C17H29N3/c1-4-16-7-5-6-10-20(16)17-11-15(8-9-19-17)13-18-12-14(2)3/h8-9,11,14,16,18H,4-7,10,12-13H2,1-3H3. The van der Waals surface area contributed by atoms with Crippen molar-refractivity contribution in [2.45, 2.75) is 59.0 Å². The Morgan fingerprint density at radius 3 is 3.00 bits per heavy atom. The fraction of sp³-hybridized carbons (Fsp3) is 0.706. The Hall–Kier alpha value is -1.09. The molecule has 1 aromatic rings. The van der Waals surface area contributed by atoms with Crippen LogP contribution < -0.4 is 10.2 Å². The lowest BCUT2D eigenvalue weighted by atomic mass is 10.00. The second-order valence-corrected chi connectivity index (χ2v) is 6.30. The Morgan fingerprint density at radius 2 is 2.25 bits per heavy atom. The van der Waals surface area contributed by atoms with Crippen molar-refractivity contribution in [3.05, 3.63) is 23.9 Å². The van der Waals surface area contributed by atoms with Crippen molar-refractivity contribution in [3.8, 4) is 0 Å². The third-order valence-electron chi connectivity index (χ3n) is 4.08. The van der Waals surface area contributed by atoms with Crippen LogP contribution in [0, 0.1) is 5.92 Å². The zero-order chi connectivity index (χ0) is 14.4. The van der Waals surface area contributed by atoms with Gasteiger partial charge in [0.2, 0.25) is 0 Å². The normalized spacial score (nSPS) is 19.6. The molecule has 0 spiro atoms. The molecule has 0 radical (unpaired) electrons. The number of anilines is 1. The van der Waals surface area contributed by atoms with Crippen molar-refractivity contribution >= 4 is 5.82 Å². The molecular weight excluding hydrogens is 246 g/mol. The third-order valence-corrected chi connectivity index (χ3v) is 4.08. The van der Waals surface area contributed by atoms with Gasteiger partial charge in [-0.3, -0.25) is 0 Å². The van der Waals surface area contributed by atoms with E-state index in [1.807, 2.05) is 6.20 Å². The fourth-order valence-corrected chi connectivity index (χ4v) is 2.96. The maximum atomic E-state index is 4.60. The molecule has 2 heterocycles. The van der Waals surface area contributed by atoms with Gasteiger partial charge in [0.15, 0.2) is 0 Å². The SMILES string of the molecule is CCC1CCCCN1c1cc(CNCC(C)C)ccn1. The summed E-state index contributed by atoms with van der Waals surface area (Å²) in [4.78, 5) is 7.11. The number of piperidine rings is 1. The molecule has 1 N–H and O–H groups in total. The van der Waals surface area contributed by atoms with Gasteiger partial charge in [0.1, 0.15) is 5.82 Å². The van der Waals surface area contributed by atoms with E-state index in [0.29, 0.717) is 12.0 Å². The van der Waals surface area contributed by atoms with Crippen molar-refractivity contribution in [1.82, 2.24) is 10.3 Å². The van der Waals surface area contributed by atoms with E-state index in [1.54, 1.807) is 0 Å². The number of nitrogens with one attached hydrogen (secondary N) is 1. The molecule has 112 valence electrons. The molecule has 1 aromatic heterocycles. The summed E-state index contributed by atoms with van der Waals surface area (Å²) < 4.78 is 0. The molecule has 2 rings (SSSR count). The summed E-state index contributed by atoms with van der Waals surface area (Å²) in [5, 5.41) is 3.51. The minimum Gasteiger partial charge on any atom is -0.354 e. The predicted octanol–water partition coefficient (Wildman–Crippen LogP) is 3.60. The van der Waals surface area contributed by atoms with Crippen LogP contribution >= 0.6 is 0 Å². The van der Waals surface area contributed by atoms with Gasteiger partial charge in [-0.2, -0.15) is 0 Å². The predicted molar refractivity (Wildman–Crippen MR) is 86.1 cm³/mol. The van der Waals surface area contributed by atoms with Crippen molar-refractivity contribution in [1.29, 1.82) is 0 Å². The monoisotopic (exact) mass is 275 g/mol. The summed E-state index contributed by atoms with van der Waals surface area (Å²) in [7, 11) is 0. The summed E-state index contributed by atoms with van der Waals surface area (Å²) in [6.45, 7) is 9.94. The Kier molecular flexibility index (Phi) is 5.84. The molecule has 0 saturated carbocycles. The fourth-order valence-electron chi connectivity index (χ4n) is 2.96. The van der Waals surface area contributed by atoms with E-state index in [2.05, 4.69) is 48.1 Å². The molecule has 0 aliphatic carbocycles. The maximum absolute atomic E-state index is 4.60. The van der Waals surface area contributed by atoms with Gasteiger partial charge < -0.3 is 10.2 Å². The number of rotatable bonds is 6. The van der Waals surface area contributed by atoms with Gasteiger partial charge >= 0.3 is 0 Å². The van der Waals surface area contributed by atoms with E-state index in [9.17, 15) is 0 Å². The molecule has 1 aliphatic rings. The number of aromatic nitrogens is 1. The molecular formula is C17H29N3. The van der Waals surface area contributed by atoms with Gasteiger partial charge in [-0.05, 0) is 55.8 Å². The molecule has 20 heavy (non-hydrogen) atoms. The molecule has 1 saturated heterocycles. The Balaban J connectivity index is 2.00. The van der Waals surface area contributed by atoms with E-state index < -0.39 is 0 Å². The van der Waals surface area contributed by atoms with Gasteiger partial charge in [0.05, 0.1) is 0 Å². The number of pyridine rings is 1. The molecule has 0 aromatic carbocycles. The lowest BCUT2D eigenvalue weighted by Crippen LogP contribution is -2.39. The minimum absolute atomic E-state index is 0.676. The van der Waals surface area contributed by atoms with Crippen LogP contribution in [0.25, 0.3) is 0 Å². The van der Waals surface area contributed by atoms with Gasteiger partial charge in [-0.25, -0.2) is 4.98 Å². The van der Waals surface area contributed by atoms with Crippen molar-refractivity contribution in [3.63, 3.8) is 0 Å². The Labute approximate surface area is 123 Å². The summed E-state index contributed by atoms with van der Waals surface area (Å²) in [6, 6.07) is 5.07. The highest BCUT2D eigenvalue weighted by molar-refractivity contribution is 5.42. The first-order chi connectivity index (χ1) is 9.70. The first kappa shape index (κ1) is 15.3. The second kappa shape index (κ2) is 7.63. The molecule has 1 unspecified atom stereocenters. The zero-order valence-corrected chi connectivity index (χ0v) is 13.2. The van der Waals surface area contributed by atoms with Crippen LogP contribution in [0.5, 0.6) is 0 Å². The maximum Gasteiger partial charge on any atom is 0.129 e. The van der Waals surface area contributed by atoms with Crippen LogP contribution in [0.3, 0.4) is 0 Å². The van der Waals surface area contributed by atoms with E-state index in [4.69, 9.17) is 0 Å². The van der Waals surface area contributed by atoms with Crippen molar-refractivity contribution in [2.24, 2.45) is 5.92 Å². The van der Waals surface area contributed by atoms with Crippen molar-refractivity contribution in [2.75, 3.05) is 18.0 Å². The average molecular weight is 275 g/mol. The van der Waals surface area contributed by atoms with E-state index in [1.165, 1.54) is 37.1 Å². The third kappa shape index (κ3) is 4.20. The van der Waals surface area contributed by atoms with Crippen LogP contribution in [-0.4, -0.2) is 24.1 Å². The Bertz CT molecular complexity index is 403. The second-order valence-electron chi connectivity index (χ2n) is 6.30. The summed E-state index contributed by atoms with van der Waals surface area (Å²) in [5.74, 6) is 1.86. The first-order valence-electron chi connectivity index (χ1n) is 8.13. The highest BCUT2D eigenvalue weighted by atomic mass is 15.2. The van der Waals surface area contributed by atoms with E-state index >= 15 is 0 Å². The minimum atomic E-state index is 0.676. The molecule has 1 aliphatic heterocycles. The van der Waals surface area contributed by atoms with Crippen molar-refractivity contribution < 1.29 is 0 Å². The Morgan fingerprint density at radius 1 is 1.40 bits per heavy atom. The van der Waals surface area contributed by atoms with Crippen LogP contribution in [0.1, 0.15) is 52.0 Å². The molecule has 1 atom stereocenters. The highest BCUT2D eigenvalue weighted by Crippen LogP contribution is 2.25. The van der Waals surface area contributed by atoms with Gasteiger partial charge in [-0.1, -0.05) is 20.8 Å². The van der Waals surface area contributed by atoms with Gasteiger partial charge in [-0.15, -0.1) is 0 Å². The van der Waals surface area contributed by atoms with Crippen LogP contribution in [-0.2, 0) is 6.54 Å². The lowest BCUT2D eigenvalue weighted by molar-refractivity contribution is 0.446. The number of hydrogen-bond acceptors (Lipinski definition) is 3. The summed E-state index contributed by atoms with van der Waals surface area (Å²) >= 11 is 0. The highest BCUT2D eigenvalue weighted by Gasteiger charge is 2.21. The number of nitrogens with zero attached hydrogens (tertiary/aromatic N) is 2. The summed E-state index contributed by atoms with van der Waals surface area (Å²) in [5.41, 5.74) is 1.34. The summed E-state index contributed by atoms with van der Waals surface area (Å²) in [6.07, 6.45) is 7.16. The largest absolute Gasteiger partial charge is 0.354 e. The average Bonchev–Trinajstić information content (AvgIpc) is 2.47. The van der Waals surface area contributed by atoms with Gasteiger partial charge in [0.25, 0.3) is 0 Å². The first-order valence-corrected chi connectivity index (χ1v) is 8.13. The molecule has 0 bridgehead atoms. The van der Waals surface area contributed by atoms with E-state index in [0.717, 1.165) is 19.6 Å². The van der Waals surface area contributed by atoms with E-state index in [-0.39, 0.29) is 0 Å². The molecule has 1 fully saturated rings.